The van der Waals surface area contributed by atoms with Gasteiger partial charge in [-0.15, -0.1) is 11.3 Å². The third-order valence-electron chi connectivity index (χ3n) is 5.05. The Balaban J connectivity index is 1.83. The van der Waals surface area contributed by atoms with Crippen molar-refractivity contribution in [3.63, 3.8) is 0 Å². The van der Waals surface area contributed by atoms with Crippen LogP contribution < -0.4 is 4.90 Å². The minimum atomic E-state index is -0.296. The van der Waals surface area contributed by atoms with Crippen molar-refractivity contribution in [1.82, 2.24) is 0 Å². The molecule has 0 saturated carbocycles. The highest BCUT2D eigenvalue weighted by Crippen LogP contribution is 2.31. The van der Waals surface area contributed by atoms with Crippen LogP contribution in [0.15, 0.2) is 60.0 Å². The van der Waals surface area contributed by atoms with Gasteiger partial charge < -0.3 is 9.64 Å². The Hall–Kier alpha value is -3.10. The molecule has 4 nitrogen and oxygen atoms in total. The molecule has 1 heterocycles. The second-order valence-electron chi connectivity index (χ2n) is 7.11. The average molecular weight is 419 g/mol. The quantitative estimate of drug-likeness (QED) is 0.303. The zero-order valence-corrected chi connectivity index (χ0v) is 18.2. The lowest BCUT2D eigenvalue weighted by atomic mass is 9.99. The van der Waals surface area contributed by atoms with E-state index in [0.29, 0.717) is 17.7 Å². The molecule has 0 fully saturated rings. The Kier molecular flexibility index (Phi) is 7.64. The fourth-order valence-corrected chi connectivity index (χ4v) is 4.38. The van der Waals surface area contributed by atoms with Gasteiger partial charge in [-0.3, -0.25) is 0 Å². The summed E-state index contributed by atoms with van der Waals surface area (Å²) in [6.07, 6.45) is 3.37. The monoisotopic (exact) mass is 418 g/mol. The van der Waals surface area contributed by atoms with E-state index in [1.165, 1.54) is 7.11 Å². The number of carbonyl (C=O) groups excluding carboxylic acids is 1. The molecule has 0 aliphatic rings. The van der Waals surface area contributed by atoms with Crippen molar-refractivity contribution in [2.45, 2.75) is 32.7 Å². The largest absolute Gasteiger partial charge is 0.465 e. The van der Waals surface area contributed by atoms with Crippen molar-refractivity contribution >= 4 is 22.3 Å². The molecule has 0 amide bonds. The van der Waals surface area contributed by atoms with E-state index in [1.54, 1.807) is 11.3 Å². The van der Waals surface area contributed by atoms with Crippen molar-refractivity contribution in [3.8, 4) is 17.2 Å². The van der Waals surface area contributed by atoms with Crippen molar-refractivity contribution in [3.05, 3.63) is 76.7 Å². The predicted octanol–water partition coefficient (Wildman–Crippen LogP) is 6.27. The molecule has 0 saturated heterocycles. The zero-order chi connectivity index (χ0) is 21.3. The molecule has 0 radical (unpaired) electrons. The number of hydrogen-bond donors (Lipinski definition) is 0. The highest BCUT2D eigenvalue weighted by atomic mass is 32.1. The molecule has 3 rings (SSSR count). The molecule has 154 valence electrons. The number of rotatable bonds is 9. The van der Waals surface area contributed by atoms with Crippen LogP contribution in [0, 0.1) is 11.3 Å². The summed E-state index contributed by atoms with van der Waals surface area (Å²) in [5.41, 5.74) is 4.43. The fraction of sp³-hybridized carbons (Fsp3) is 0.280. The molecule has 0 aliphatic carbocycles. The molecule has 30 heavy (non-hydrogen) atoms. The minimum absolute atomic E-state index is 0.296. The van der Waals surface area contributed by atoms with E-state index in [1.807, 2.05) is 35.7 Å². The second-order valence-corrected chi connectivity index (χ2v) is 8.01. The van der Waals surface area contributed by atoms with Crippen molar-refractivity contribution in [2.75, 3.05) is 18.6 Å². The summed E-state index contributed by atoms with van der Waals surface area (Å²) < 4.78 is 4.96. The first-order valence-corrected chi connectivity index (χ1v) is 11.0. The maximum atomic E-state index is 12.2. The smallest absolute Gasteiger partial charge is 0.340 e. The number of thiophene rings is 1. The number of nitrogens with zero attached hydrogens (tertiary/aromatic N) is 2. The number of carbonyl (C=O) groups is 1. The highest BCUT2D eigenvalue weighted by molar-refractivity contribution is 7.14. The Morgan fingerprint density at radius 2 is 1.87 bits per heavy atom. The maximum Gasteiger partial charge on any atom is 0.340 e. The van der Waals surface area contributed by atoms with Gasteiger partial charge in [-0.25, -0.2) is 4.79 Å². The topological polar surface area (TPSA) is 53.3 Å². The lowest BCUT2D eigenvalue weighted by Gasteiger charge is -2.24. The number of benzene rings is 2. The first kappa shape index (κ1) is 21.6. The molecular formula is C25H26N2O2S. The van der Waals surface area contributed by atoms with Gasteiger partial charge in [0.25, 0.3) is 0 Å². The number of unbranched alkanes of at least 4 members (excludes halogenated alkanes) is 2. The Morgan fingerprint density at radius 3 is 2.57 bits per heavy atom. The van der Waals surface area contributed by atoms with E-state index >= 15 is 0 Å². The summed E-state index contributed by atoms with van der Waals surface area (Å²) in [6, 6.07) is 20.1. The zero-order valence-electron chi connectivity index (χ0n) is 17.4. The van der Waals surface area contributed by atoms with Crippen LogP contribution >= 0.6 is 11.3 Å². The molecule has 0 aliphatic heterocycles. The molecule has 0 atom stereocenters. The summed E-state index contributed by atoms with van der Waals surface area (Å²) in [7, 11) is 1.42. The van der Waals surface area contributed by atoms with Crippen LogP contribution in [-0.4, -0.2) is 19.6 Å². The third kappa shape index (κ3) is 5.08. The Labute approximate surface area is 182 Å². The number of anilines is 1. The van der Waals surface area contributed by atoms with Crippen molar-refractivity contribution < 1.29 is 9.53 Å². The van der Waals surface area contributed by atoms with Gasteiger partial charge in [0.1, 0.15) is 5.00 Å². The number of esters is 1. The predicted molar refractivity (Wildman–Crippen MR) is 123 cm³/mol. The number of ether oxygens (including phenoxy) is 1. The maximum absolute atomic E-state index is 12.2. The first-order chi connectivity index (χ1) is 14.7. The third-order valence-corrected chi connectivity index (χ3v) is 6.03. The van der Waals surface area contributed by atoms with E-state index in [9.17, 15) is 10.1 Å². The van der Waals surface area contributed by atoms with Crippen LogP contribution in [0.1, 0.15) is 47.7 Å². The number of hydrogen-bond acceptors (Lipinski definition) is 5. The molecule has 1 aromatic heterocycles. The van der Waals surface area contributed by atoms with E-state index in [0.717, 1.165) is 47.5 Å². The van der Waals surface area contributed by atoms with Gasteiger partial charge in [-0.05, 0) is 40.6 Å². The first-order valence-electron chi connectivity index (χ1n) is 10.2. The van der Waals surface area contributed by atoms with Gasteiger partial charge in [0.2, 0.25) is 0 Å². The molecule has 2 aromatic carbocycles. The van der Waals surface area contributed by atoms with E-state index in [2.05, 4.69) is 42.2 Å². The van der Waals surface area contributed by atoms with Crippen LogP contribution in [0.5, 0.6) is 0 Å². The lowest BCUT2D eigenvalue weighted by Crippen LogP contribution is -2.24. The van der Waals surface area contributed by atoms with Crippen LogP contribution in [0.25, 0.3) is 11.1 Å². The highest BCUT2D eigenvalue weighted by Gasteiger charge is 2.19. The van der Waals surface area contributed by atoms with Crippen LogP contribution in [-0.2, 0) is 11.3 Å². The number of methoxy groups -OCH3 is 1. The summed E-state index contributed by atoms with van der Waals surface area (Å²) in [5.74, 6) is -0.296. The normalized spacial score (nSPS) is 10.4. The lowest BCUT2D eigenvalue weighted by molar-refractivity contribution is 0.0602. The molecular weight excluding hydrogens is 392 g/mol. The van der Waals surface area contributed by atoms with Crippen LogP contribution in [0.2, 0.25) is 0 Å². The minimum Gasteiger partial charge on any atom is -0.465 e. The average Bonchev–Trinajstić information content (AvgIpc) is 3.28. The summed E-state index contributed by atoms with van der Waals surface area (Å²) in [5, 5.41) is 12.3. The van der Waals surface area contributed by atoms with Gasteiger partial charge in [0.05, 0.1) is 24.3 Å². The fourth-order valence-electron chi connectivity index (χ4n) is 3.46. The second kappa shape index (κ2) is 10.6. The summed E-state index contributed by atoms with van der Waals surface area (Å²) in [6.45, 7) is 3.79. The molecule has 0 N–H and O–H groups in total. The van der Waals surface area contributed by atoms with Crippen molar-refractivity contribution in [2.24, 2.45) is 0 Å². The SMILES string of the molecule is CCCCCN(Cc1ccc(-c2ccccc2C#N)cc1)c1sccc1C(=O)OC. The van der Waals surface area contributed by atoms with Gasteiger partial charge >= 0.3 is 5.97 Å². The van der Waals surface area contributed by atoms with Gasteiger partial charge in [-0.2, -0.15) is 5.26 Å². The van der Waals surface area contributed by atoms with E-state index in [-0.39, 0.29) is 5.97 Å². The van der Waals surface area contributed by atoms with E-state index < -0.39 is 0 Å². The van der Waals surface area contributed by atoms with Crippen molar-refractivity contribution in [1.29, 1.82) is 5.26 Å². The molecule has 0 spiro atoms. The van der Waals surface area contributed by atoms with Gasteiger partial charge in [0, 0.05) is 13.1 Å². The van der Waals surface area contributed by atoms with E-state index in [4.69, 9.17) is 4.74 Å². The van der Waals surface area contributed by atoms with Crippen LogP contribution in [0.3, 0.4) is 0 Å². The Bertz CT molecular complexity index is 1020. The summed E-state index contributed by atoms with van der Waals surface area (Å²) >= 11 is 1.57. The van der Waals surface area contributed by atoms with Gasteiger partial charge in [0.15, 0.2) is 0 Å². The van der Waals surface area contributed by atoms with Crippen LogP contribution in [0.4, 0.5) is 5.00 Å². The number of nitriles is 1. The molecule has 0 bridgehead atoms. The standard InChI is InChI=1S/C25H26N2O2S/c1-3-4-7-15-27(24-23(14-16-30-24)25(28)29-2)18-19-10-12-20(13-11-19)22-9-6-5-8-21(22)17-26/h5-6,8-14,16H,3-4,7,15,18H2,1-2H3. The molecule has 3 aromatic rings. The molecule has 0 unspecified atom stereocenters. The molecule has 5 heteroatoms. The van der Waals surface area contributed by atoms with Gasteiger partial charge in [-0.1, -0.05) is 62.2 Å². The summed E-state index contributed by atoms with van der Waals surface area (Å²) in [4.78, 5) is 14.4. The Morgan fingerprint density at radius 1 is 1.10 bits per heavy atom.